The van der Waals surface area contributed by atoms with Gasteiger partial charge in [-0.15, -0.1) is 0 Å². The molecular formula is C52H69N4O9S2+. The van der Waals surface area contributed by atoms with Crippen LogP contribution in [0.2, 0.25) is 0 Å². The maximum absolute atomic E-state index is 12.7. The number of allylic oxidation sites excluding steroid dienone is 8. The van der Waals surface area contributed by atoms with E-state index >= 15 is 0 Å². The van der Waals surface area contributed by atoms with E-state index in [1.54, 1.807) is 14.2 Å². The molecule has 0 bridgehead atoms. The Bertz CT molecular complexity index is 2630. The number of hydrogen-bond acceptors (Lipinski definition) is 9. The molecule has 0 aromatic heterocycles. The Hall–Kier alpha value is -5.06. The second kappa shape index (κ2) is 23.3. The highest BCUT2D eigenvalue weighted by atomic mass is 32.2. The largest absolute Gasteiger partial charge is 0.497 e. The zero-order valence-electron chi connectivity index (χ0n) is 39.6. The number of nitrogens with two attached hydrogens (primary N) is 1. The van der Waals surface area contributed by atoms with Crippen molar-refractivity contribution < 1.29 is 44.8 Å². The zero-order chi connectivity index (χ0) is 48.2. The molecule has 0 radical (unpaired) electrons. The predicted octanol–water partition coefficient (Wildman–Crippen LogP) is 8.66. The first-order valence-corrected chi connectivity index (χ1v) is 26.8. The molecule has 362 valence electrons. The first kappa shape index (κ1) is 51.3. The van der Waals surface area contributed by atoms with E-state index in [1.807, 2.05) is 24.3 Å². The van der Waals surface area contributed by atoms with Gasteiger partial charge in [-0.1, -0.05) is 56.7 Å². The predicted molar refractivity (Wildman–Crippen MR) is 268 cm³/mol. The fraction of sp³-hybridized carbons (Fsp3) is 0.462. The third kappa shape index (κ3) is 14.0. The molecule has 13 nitrogen and oxygen atoms in total. The summed E-state index contributed by atoms with van der Waals surface area (Å²) in [4.78, 5) is 15.0. The molecule has 1 aliphatic carbocycles. The van der Waals surface area contributed by atoms with Crippen LogP contribution in [-0.4, -0.2) is 94.0 Å². The molecule has 3 aromatic carbocycles. The Balaban J connectivity index is 1.38. The van der Waals surface area contributed by atoms with Crippen molar-refractivity contribution in [2.75, 3.05) is 56.8 Å². The summed E-state index contributed by atoms with van der Waals surface area (Å²) in [5.41, 5.74) is 17.3. The molecule has 0 fully saturated rings. The van der Waals surface area contributed by atoms with Gasteiger partial charge in [0.15, 0.2) is 5.71 Å². The minimum Gasteiger partial charge on any atom is -0.497 e. The van der Waals surface area contributed by atoms with Crippen molar-refractivity contribution >= 4 is 48.8 Å². The van der Waals surface area contributed by atoms with Gasteiger partial charge in [0, 0.05) is 60.4 Å². The van der Waals surface area contributed by atoms with E-state index in [1.165, 1.54) is 11.1 Å². The third-order valence-corrected chi connectivity index (χ3v) is 14.6. The number of ether oxygens (including phenoxy) is 2. The number of hydrogen-bond donors (Lipinski definition) is 4. The number of anilines is 1. The van der Waals surface area contributed by atoms with Crippen LogP contribution >= 0.6 is 0 Å². The number of amides is 1. The Kier molecular flexibility index (Phi) is 17.9. The first-order chi connectivity index (χ1) is 32.0. The second-order valence-electron chi connectivity index (χ2n) is 18.2. The fourth-order valence-corrected chi connectivity index (χ4v) is 10.6. The van der Waals surface area contributed by atoms with Gasteiger partial charge < -0.3 is 25.4 Å². The van der Waals surface area contributed by atoms with Gasteiger partial charge in [-0.2, -0.15) is 21.4 Å². The van der Waals surface area contributed by atoms with Crippen LogP contribution in [0.4, 0.5) is 11.4 Å². The highest BCUT2D eigenvalue weighted by Crippen LogP contribution is 2.49. The molecule has 67 heavy (non-hydrogen) atoms. The fourth-order valence-electron chi connectivity index (χ4n) is 9.45. The van der Waals surface area contributed by atoms with Gasteiger partial charge in [0.2, 0.25) is 11.6 Å². The van der Waals surface area contributed by atoms with Gasteiger partial charge in [0.25, 0.3) is 20.2 Å². The molecule has 6 rings (SSSR count). The number of aryl methyl sites for hydroxylation is 1. The topological polar surface area (TPSA) is 189 Å². The van der Waals surface area contributed by atoms with Crippen LogP contribution in [0.5, 0.6) is 11.5 Å². The van der Waals surface area contributed by atoms with Gasteiger partial charge in [-0.05, 0) is 134 Å². The van der Waals surface area contributed by atoms with Crippen molar-refractivity contribution in [2.24, 2.45) is 5.73 Å². The average Bonchev–Trinajstić information content (AvgIpc) is 3.75. The van der Waals surface area contributed by atoms with Crippen LogP contribution in [0.25, 0.3) is 5.57 Å². The molecule has 0 atom stereocenters. The number of nitrogens with one attached hydrogen (secondary N) is 1. The van der Waals surface area contributed by atoms with E-state index in [-0.39, 0.29) is 17.4 Å². The normalized spacial score (nSPS) is 17.2. The smallest absolute Gasteiger partial charge is 0.264 e. The molecule has 3 aromatic rings. The Labute approximate surface area is 398 Å². The van der Waals surface area contributed by atoms with Gasteiger partial charge in [-0.25, -0.2) is 0 Å². The summed E-state index contributed by atoms with van der Waals surface area (Å²) in [6, 6.07) is 20.7. The molecule has 2 heterocycles. The summed E-state index contributed by atoms with van der Waals surface area (Å²) in [6.45, 7) is 6.86. The molecule has 3 aliphatic rings. The number of fused-ring (bicyclic) bond motifs is 2. The van der Waals surface area contributed by atoms with Crippen LogP contribution in [0, 0.1) is 0 Å². The first-order valence-electron chi connectivity index (χ1n) is 23.6. The quantitative estimate of drug-likeness (QED) is 0.0382. The third-order valence-electron chi connectivity index (χ3n) is 13.0. The van der Waals surface area contributed by atoms with E-state index < -0.39 is 25.7 Å². The highest BCUT2D eigenvalue weighted by molar-refractivity contribution is 7.86. The van der Waals surface area contributed by atoms with Crippen LogP contribution < -0.4 is 25.4 Å². The summed E-state index contributed by atoms with van der Waals surface area (Å²) < 4.78 is 78.5. The van der Waals surface area contributed by atoms with Gasteiger partial charge in [0.05, 0.1) is 32.1 Å². The lowest BCUT2D eigenvalue weighted by molar-refractivity contribution is -0.437. The van der Waals surface area contributed by atoms with E-state index in [4.69, 9.17) is 15.2 Å². The van der Waals surface area contributed by atoms with Crippen molar-refractivity contribution in [3.8, 4) is 11.5 Å². The summed E-state index contributed by atoms with van der Waals surface area (Å²) in [5, 5.41) is 3.04. The van der Waals surface area contributed by atoms with Crippen LogP contribution in [-0.2, 0) is 43.3 Å². The minimum atomic E-state index is -4.07. The number of nitrogens with zero attached hydrogens (tertiary/aromatic N) is 2. The molecule has 0 saturated heterocycles. The maximum atomic E-state index is 12.7. The number of carbonyl (C=O) groups excluding carboxylic acids is 1. The zero-order valence-corrected chi connectivity index (χ0v) is 41.2. The molecular weight excluding hydrogens is 889 g/mol. The average molecular weight is 958 g/mol. The SMILES string of the molecule is COc1ccc2c(c1)CC(/C=C/C1=C(c3ccc(CCC(=O)NCCCCCN)cc3)C(=C/C=C3/N(CCCCS(=O)(=O)O)c4ccc(OC)cc4C3(C)C)/CCC1)=[N+]2CCCCS(=O)(=O)O. The molecule has 5 N–H and O–H groups in total. The van der Waals surface area contributed by atoms with Crippen molar-refractivity contribution in [3.05, 3.63) is 124 Å². The van der Waals surface area contributed by atoms with Gasteiger partial charge in [0.1, 0.15) is 18.0 Å². The summed E-state index contributed by atoms with van der Waals surface area (Å²) in [6.07, 6.45) is 17.9. The van der Waals surface area contributed by atoms with E-state index in [9.17, 15) is 30.7 Å². The molecule has 0 unspecified atom stereocenters. The lowest BCUT2D eigenvalue weighted by Crippen LogP contribution is -2.27. The van der Waals surface area contributed by atoms with Crippen molar-refractivity contribution in [1.29, 1.82) is 0 Å². The van der Waals surface area contributed by atoms with E-state index in [0.717, 1.165) is 101 Å². The molecule has 0 saturated carbocycles. The van der Waals surface area contributed by atoms with Gasteiger partial charge >= 0.3 is 0 Å². The van der Waals surface area contributed by atoms with E-state index in [2.05, 4.69) is 89.3 Å². The van der Waals surface area contributed by atoms with Crippen molar-refractivity contribution in [2.45, 2.75) is 103 Å². The lowest BCUT2D eigenvalue weighted by Gasteiger charge is -2.28. The van der Waals surface area contributed by atoms with Gasteiger partial charge in [-0.3, -0.25) is 13.9 Å². The summed E-state index contributed by atoms with van der Waals surface area (Å²) >= 11 is 0. The molecule has 2 aliphatic heterocycles. The number of carbonyl (C=O) groups is 1. The Morgan fingerprint density at radius 3 is 2.24 bits per heavy atom. The molecule has 0 spiro atoms. The van der Waals surface area contributed by atoms with E-state index in [0.29, 0.717) is 71.1 Å². The van der Waals surface area contributed by atoms with Crippen LogP contribution in [0.15, 0.2) is 102 Å². The monoisotopic (exact) mass is 957 g/mol. The molecule has 15 heteroatoms. The summed E-state index contributed by atoms with van der Waals surface area (Å²) in [7, 11) is -4.82. The molecule has 1 amide bonds. The maximum Gasteiger partial charge on any atom is 0.264 e. The lowest BCUT2D eigenvalue weighted by atomic mass is 9.81. The Morgan fingerprint density at radius 2 is 1.54 bits per heavy atom. The number of methoxy groups -OCH3 is 2. The summed E-state index contributed by atoms with van der Waals surface area (Å²) in [5.74, 6) is 0.989. The number of unbranched alkanes of at least 4 members (excludes halogenated alkanes) is 4. The highest BCUT2D eigenvalue weighted by Gasteiger charge is 2.40. The van der Waals surface area contributed by atoms with Crippen LogP contribution in [0.1, 0.15) is 107 Å². The number of rotatable bonds is 24. The van der Waals surface area contributed by atoms with Crippen LogP contribution in [0.3, 0.4) is 0 Å². The van der Waals surface area contributed by atoms with Crippen molar-refractivity contribution in [1.82, 2.24) is 5.32 Å². The van der Waals surface area contributed by atoms with Crippen molar-refractivity contribution in [3.63, 3.8) is 0 Å². The standard InChI is InChI=1S/C52H68N4O9S2/c1-52(2)46-37-45(65-4)24-26-48(46)56(32-9-11-34-67(61,62)63)49(52)27-21-40-14-12-13-39(51(40)41-18-15-38(16-19-41)17-28-50(57)54-30-7-5-6-29-53)20-22-43-35-42-36-44(64-3)23-25-47(42)55(43)31-8-10-33-66(58,59)60/h15-16,18-27,36-37H,5-14,17,28-35,53H2,1-4H3,(H2-,54,57,58,59,60,61,62,63)/p+1. The minimum absolute atomic E-state index is 0.0397. The number of benzene rings is 3. The Morgan fingerprint density at radius 1 is 0.836 bits per heavy atom. The second-order valence-corrected chi connectivity index (χ2v) is 21.3.